The molecule has 0 fully saturated rings. The second-order valence-corrected chi connectivity index (χ2v) is 3.47. The van der Waals surface area contributed by atoms with Crippen molar-refractivity contribution in [2.75, 3.05) is 11.4 Å². The first-order valence-corrected chi connectivity index (χ1v) is 4.92. The number of carbonyl (C=O) groups is 1. The Morgan fingerprint density at radius 3 is 3.00 bits per heavy atom. The average molecular weight is 203 g/mol. The monoisotopic (exact) mass is 203 g/mol. The topological polar surface area (TPSA) is 29.5 Å². The molecule has 3 nitrogen and oxygen atoms in total. The van der Waals surface area contributed by atoms with Gasteiger partial charge in [-0.1, -0.05) is 18.2 Å². The van der Waals surface area contributed by atoms with E-state index >= 15 is 0 Å². The van der Waals surface area contributed by atoms with E-state index in [-0.39, 0.29) is 5.91 Å². The largest absolute Gasteiger partial charge is 0.479 e. The second kappa shape index (κ2) is 3.77. The summed E-state index contributed by atoms with van der Waals surface area (Å²) in [5.74, 6) is 0.736. The summed E-state index contributed by atoms with van der Waals surface area (Å²) in [4.78, 5) is 13.5. The molecule has 15 heavy (non-hydrogen) atoms. The van der Waals surface area contributed by atoms with Crippen LogP contribution in [0.25, 0.3) is 0 Å². The van der Waals surface area contributed by atoms with Crippen molar-refractivity contribution in [3.8, 4) is 5.75 Å². The van der Waals surface area contributed by atoms with Gasteiger partial charge in [0.25, 0.3) is 5.91 Å². The molecule has 2 rings (SSSR count). The van der Waals surface area contributed by atoms with E-state index in [0.29, 0.717) is 6.54 Å². The maximum Gasteiger partial charge on any atom is 0.268 e. The van der Waals surface area contributed by atoms with Gasteiger partial charge in [0.2, 0.25) is 0 Å². The van der Waals surface area contributed by atoms with Crippen LogP contribution in [0.3, 0.4) is 0 Å². The van der Waals surface area contributed by atoms with Crippen molar-refractivity contribution in [2.45, 2.75) is 13.0 Å². The fourth-order valence-electron chi connectivity index (χ4n) is 1.68. The summed E-state index contributed by atoms with van der Waals surface area (Å²) in [5.41, 5.74) is 0.820. The van der Waals surface area contributed by atoms with Crippen LogP contribution < -0.4 is 9.64 Å². The van der Waals surface area contributed by atoms with Crippen LogP contribution in [0.15, 0.2) is 36.9 Å². The third-order valence-electron chi connectivity index (χ3n) is 2.39. The van der Waals surface area contributed by atoms with E-state index < -0.39 is 6.10 Å². The molecule has 78 valence electrons. The molecule has 1 aliphatic heterocycles. The van der Waals surface area contributed by atoms with E-state index in [4.69, 9.17) is 4.74 Å². The molecule has 0 saturated carbocycles. The van der Waals surface area contributed by atoms with Gasteiger partial charge in [-0.3, -0.25) is 4.79 Å². The van der Waals surface area contributed by atoms with Crippen molar-refractivity contribution in [1.82, 2.24) is 0 Å². The molecular weight excluding hydrogens is 190 g/mol. The van der Waals surface area contributed by atoms with Crippen molar-refractivity contribution in [3.63, 3.8) is 0 Å². The Hall–Kier alpha value is -1.77. The number of hydrogen-bond acceptors (Lipinski definition) is 2. The molecule has 1 unspecified atom stereocenters. The van der Waals surface area contributed by atoms with E-state index in [2.05, 4.69) is 6.58 Å². The molecule has 0 radical (unpaired) electrons. The molecular formula is C12H13NO2. The first-order valence-electron chi connectivity index (χ1n) is 4.92. The third-order valence-corrected chi connectivity index (χ3v) is 2.39. The van der Waals surface area contributed by atoms with E-state index in [9.17, 15) is 4.79 Å². The number of ether oxygens (including phenoxy) is 1. The number of para-hydroxylation sites is 2. The number of rotatable bonds is 2. The Morgan fingerprint density at radius 1 is 1.53 bits per heavy atom. The Labute approximate surface area is 89.0 Å². The predicted octanol–water partition coefficient (Wildman–Crippen LogP) is 1.99. The number of nitrogens with zero attached hydrogens (tertiary/aromatic N) is 1. The van der Waals surface area contributed by atoms with Crippen LogP contribution in [-0.4, -0.2) is 18.6 Å². The highest BCUT2D eigenvalue weighted by Crippen LogP contribution is 2.33. The van der Waals surface area contributed by atoms with E-state index in [1.165, 1.54) is 0 Å². The number of hydrogen-bond donors (Lipinski definition) is 0. The zero-order chi connectivity index (χ0) is 10.8. The lowest BCUT2D eigenvalue weighted by Crippen LogP contribution is -2.44. The lowest BCUT2D eigenvalue weighted by molar-refractivity contribution is -0.125. The molecule has 0 saturated heterocycles. The summed E-state index contributed by atoms with van der Waals surface area (Å²) < 4.78 is 5.50. The third kappa shape index (κ3) is 1.61. The van der Waals surface area contributed by atoms with Gasteiger partial charge >= 0.3 is 0 Å². The Morgan fingerprint density at radius 2 is 2.27 bits per heavy atom. The molecule has 1 heterocycles. The van der Waals surface area contributed by atoms with Crippen molar-refractivity contribution >= 4 is 11.6 Å². The standard InChI is InChI=1S/C12H13NO2/c1-3-8-13-10-6-4-5-7-11(10)15-9(2)12(13)14/h3-7,9H,1,8H2,2H3. The highest BCUT2D eigenvalue weighted by Gasteiger charge is 2.29. The number of fused-ring (bicyclic) bond motifs is 1. The van der Waals surface area contributed by atoms with Crippen molar-refractivity contribution in [2.24, 2.45) is 0 Å². The summed E-state index contributed by atoms with van der Waals surface area (Å²) in [6.45, 7) is 5.93. The summed E-state index contributed by atoms with van der Waals surface area (Å²) in [6, 6.07) is 7.53. The average Bonchev–Trinajstić information content (AvgIpc) is 2.25. The number of anilines is 1. The maximum atomic E-state index is 11.8. The van der Waals surface area contributed by atoms with E-state index in [1.807, 2.05) is 24.3 Å². The van der Waals surface area contributed by atoms with Gasteiger partial charge in [0.15, 0.2) is 6.10 Å². The van der Waals surface area contributed by atoms with E-state index in [0.717, 1.165) is 11.4 Å². The molecule has 1 aromatic rings. The Balaban J connectivity index is 2.44. The summed E-state index contributed by atoms with van der Waals surface area (Å²) >= 11 is 0. The first-order chi connectivity index (χ1) is 7.24. The molecule has 0 bridgehead atoms. The quantitative estimate of drug-likeness (QED) is 0.688. The van der Waals surface area contributed by atoms with Gasteiger partial charge in [-0.05, 0) is 19.1 Å². The lowest BCUT2D eigenvalue weighted by Gasteiger charge is -2.32. The van der Waals surface area contributed by atoms with Gasteiger partial charge < -0.3 is 9.64 Å². The fourth-order valence-corrected chi connectivity index (χ4v) is 1.68. The number of benzene rings is 1. The normalized spacial score (nSPS) is 19.4. The van der Waals surface area contributed by atoms with Crippen molar-refractivity contribution in [3.05, 3.63) is 36.9 Å². The fraction of sp³-hybridized carbons (Fsp3) is 0.250. The highest BCUT2D eigenvalue weighted by molar-refractivity contribution is 5.99. The van der Waals surface area contributed by atoms with Gasteiger partial charge in [-0.25, -0.2) is 0 Å². The van der Waals surface area contributed by atoms with Crippen LogP contribution in [0, 0.1) is 0 Å². The molecule has 1 aliphatic rings. The molecule has 0 aromatic heterocycles. The Kier molecular flexibility index (Phi) is 2.46. The summed E-state index contributed by atoms with van der Waals surface area (Å²) in [6.07, 6.45) is 1.30. The van der Waals surface area contributed by atoms with E-state index in [1.54, 1.807) is 17.9 Å². The van der Waals surface area contributed by atoms with Gasteiger partial charge in [0, 0.05) is 6.54 Å². The van der Waals surface area contributed by atoms with Gasteiger partial charge in [-0.15, -0.1) is 6.58 Å². The zero-order valence-electron chi connectivity index (χ0n) is 8.64. The van der Waals surface area contributed by atoms with Gasteiger partial charge in [0.1, 0.15) is 5.75 Å². The van der Waals surface area contributed by atoms with Crippen molar-refractivity contribution < 1.29 is 9.53 Å². The van der Waals surface area contributed by atoms with Crippen molar-refractivity contribution in [1.29, 1.82) is 0 Å². The molecule has 1 atom stereocenters. The molecule has 0 N–H and O–H groups in total. The first kappa shape index (κ1) is 9.77. The smallest absolute Gasteiger partial charge is 0.268 e. The van der Waals surface area contributed by atoms with Crippen LogP contribution in [0.1, 0.15) is 6.92 Å². The zero-order valence-corrected chi connectivity index (χ0v) is 8.64. The van der Waals surface area contributed by atoms with Crippen LogP contribution in [0.2, 0.25) is 0 Å². The second-order valence-electron chi connectivity index (χ2n) is 3.47. The van der Waals surface area contributed by atoms with Crippen LogP contribution in [0.5, 0.6) is 5.75 Å². The predicted molar refractivity (Wildman–Crippen MR) is 59.1 cm³/mol. The molecule has 0 spiro atoms. The van der Waals surface area contributed by atoms with Crippen LogP contribution >= 0.6 is 0 Å². The molecule has 3 heteroatoms. The minimum atomic E-state index is -0.417. The SMILES string of the molecule is C=CCN1C(=O)C(C)Oc2ccccc21. The van der Waals surface area contributed by atoms with Gasteiger partial charge in [-0.2, -0.15) is 0 Å². The van der Waals surface area contributed by atoms with Crippen LogP contribution in [0.4, 0.5) is 5.69 Å². The van der Waals surface area contributed by atoms with Crippen LogP contribution in [-0.2, 0) is 4.79 Å². The molecule has 1 aromatic carbocycles. The molecule has 0 aliphatic carbocycles. The lowest BCUT2D eigenvalue weighted by atomic mass is 10.2. The minimum Gasteiger partial charge on any atom is -0.479 e. The number of carbonyl (C=O) groups excluding carboxylic acids is 1. The van der Waals surface area contributed by atoms with Gasteiger partial charge in [0.05, 0.1) is 5.69 Å². The summed E-state index contributed by atoms with van der Waals surface area (Å²) in [7, 11) is 0. The number of amides is 1. The summed E-state index contributed by atoms with van der Waals surface area (Å²) in [5, 5.41) is 0. The molecule has 1 amide bonds. The maximum absolute atomic E-state index is 11.8. The highest BCUT2D eigenvalue weighted by atomic mass is 16.5. The Bertz CT molecular complexity index is 400. The minimum absolute atomic E-state index is 0.0198.